The minimum Gasteiger partial charge on any atom is -0.0614 e. The highest BCUT2D eigenvalue weighted by Crippen LogP contribution is 2.28. The van der Waals surface area contributed by atoms with E-state index in [2.05, 4.69) is 61.4 Å². The molecule has 0 aromatic heterocycles. The molecule has 2 aromatic carbocycles. The van der Waals surface area contributed by atoms with Gasteiger partial charge < -0.3 is 0 Å². The molecule has 0 spiro atoms. The molecule has 0 N–H and O–H groups in total. The maximum absolute atomic E-state index is 2.31. The van der Waals surface area contributed by atoms with Gasteiger partial charge in [-0.3, -0.25) is 0 Å². The van der Waals surface area contributed by atoms with Crippen LogP contribution >= 0.6 is 0 Å². The summed E-state index contributed by atoms with van der Waals surface area (Å²) >= 11 is 0. The second-order valence-corrected chi connectivity index (χ2v) is 8.39. The molecule has 0 atom stereocenters. The predicted octanol–water partition coefficient (Wildman–Crippen LogP) is 3.31. The van der Waals surface area contributed by atoms with Crippen LogP contribution in [0.5, 0.6) is 0 Å². The Morgan fingerprint density at radius 3 is 1.31 bits per heavy atom. The van der Waals surface area contributed by atoms with Crippen LogP contribution in [0.3, 0.4) is 0 Å². The molecule has 0 heterocycles. The third-order valence-electron chi connectivity index (χ3n) is 2.72. The van der Waals surface area contributed by atoms with Crippen molar-refractivity contribution in [3.63, 3.8) is 0 Å². The molecule has 2 rings (SSSR count). The highest BCUT2D eigenvalue weighted by molar-refractivity contribution is 7.96. The van der Waals surface area contributed by atoms with E-state index in [1.165, 1.54) is 20.6 Å². The Morgan fingerprint density at radius 2 is 1.00 bits per heavy atom. The van der Waals surface area contributed by atoms with Crippen LogP contribution in [0.15, 0.2) is 46.2 Å². The Bertz CT molecular complexity index is 455. The summed E-state index contributed by atoms with van der Waals surface area (Å²) in [7, 11) is 0.656. The van der Waals surface area contributed by atoms with Crippen LogP contribution < -0.4 is 0 Å². The van der Waals surface area contributed by atoms with Crippen molar-refractivity contribution in [2.75, 3.05) is 25.0 Å². The van der Waals surface area contributed by atoms with Gasteiger partial charge >= 0.3 is 0 Å². The van der Waals surface area contributed by atoms with Crippen LogP contribution in [0.25, 0.3) is 10.8 Å². The van der Waals surface area contributed by atoms with E-state index in [0.29, 0.717) is 21.8 Å². The highest BCUT2D eigenvalue weighted by atomic mass is 32.2. The van der Waals surface area contributed by atoms with Crippen molar-refractivity contribution >= 4 is 32.6 Å². The lowest BCUT2D eigenvalue weighted by Gasteiger charge is -2.06. The molecule has 0 radical (unpaired) electrons. The molecule has 0 saturated heterocycles. The standard InChI is InChI=1S/C14H18S2/c1-15(2)13-9-10-14(16(3)4)12-8-6-5-7-11(12)13/h5-10H,1-4H3/q+2. The van der Waals surface area contributed by atoms with E-state index in [4.69, 9.17) is 0 Å². The first-order valence-electron chi connectivity index (χ1n) is 5.28. The van der Waals surface area contributed by atoms with Gasteiger partial charge in [-0.25, -0.2) is 0 Å². The first-order chi connectivity index (χ1) is 7.61. The zero-order valence-corrected chi connectivity index (χ0v) is 11.9. The largest absolute Gasteiger partial charge is 0.162 e. The van der Waals surface area contributed by atoms with Crippen molar-refractivity contribution in [1.29, 1.82) is 0 Å². The number of hydrogen-bond donors (Lipinski definition) is 0. The lowest BCUT2D eigenvalue weighted by atomic mass is 10.1. The second-order valence-electron chi connectivity index (χ2n) is 4.24. The lowest BCUT2D eigenvalue weighted by Crippen LogP contribution is -2.01. The van der Waals surface area contributed by atoms with Gasteiger partial charge in [-0.2, -0.15) is 0 Å². The molecule has 0 fully saturated rings. The molecule has 16 heavy (non-hydrogen) atoms. The van der Waals surface area contributed by atoms with E-state index in [1.807, 2.05) is 0 Å². The van der Waals surface area contributed by atoms with E-state index in [0.717, 1.165) is 0 Å². The second kappa shape index (κ2) is 4.72. The van der Waals surface area contributed by atoms with Crippen LogP contribution in [-0.4, -0.2) is 25.0 Å². The van der Waals surface area contributed by atoms with Gasteiger partial charge in [-0.15, -0.1) is 0 Å². The summed E-state index contributed by atoms with van der Waals surface area (Å²) < 4.78 is 0. The zero-order valence-electron chi connectivity index (χ0n) is 10.3. The SMILES string of the molecule is C[S+](C)c1ccc([S+](C)C)c2ccccc12. The van der Waals surface area contributed by atoms with Gasteiger partial charge in [0.1, 0.15) is 25.0 Å². The van der Waals surface area contributed by atoms with Gasteiger partial charge in [0.25, 0.3) is 0 Å². The summed E-state index contributed by atoms with van der Waals surface area (Å²) in [6, 6.07) is 13.4. The maximum Gasteiger partial charge on any atom is 0.162 e. The van der Waals surface area contributed by atoms with Crippen molar-refractivity contribution < 1.29 is 0 Å². The molecule has 2 heteroatoms. The molecule has 2 aromatic rings. The number of benzene rings is 2. The average molecular weight is 250 g/mol. The molecule has 84 valence electrons. The van der Waals surface area contributed by atoms with E-state index in [1.54, 1.807) is 0 Å². The Hall–Kier alpha value is -0.600. The van der Waals surface area contributed by atoms with Crippen LogP contribution in [0.4, 0.5) is 0 Å². The molecule has 0 saturated carbocycles. The summed E-state index contributed by atoms with van der Waals surface area (Å²) in [5.41, 5.74) is 0. The van der Waals surface area contributed by atoms with Crippen LogP contribution in [0.2, 0.25) is 0 Å². The van der Waals surface area contributed by atoms with Crippen LogP contribution in [-0.2, 0) is 21.8 Å². The van der Waals surface area contributed by atoms with Crippen molar-refractivity contribution in [1.82, 2.24) is 0 Å². The van der Waals surface area contributed by atoms with E-state index >= 15 is 0 Å². The highest BCUT2D eigenvalue weighted by Gasteiger charge is 2.19. The monoisotopic (exact) mass is 250 g/mol. The maximum atomic E-state index is 2.31. The van der Waals surface area contributed by atoms with E-state index in [9.17, 15) is 0 Å². The van der Waals surface area contributed by atoms with Crippen molar-refractivity contribution in [3.05, 3.63) is 36.4 Å². The fourth-order valence-corrected chi connectivity index (χ4v) is 3.87. The Morgan fingerprint density at radius 1 is 0.625 bits per heavy atom. The Kier molecular flexibility index (Phi) is 3.50. The fraction of sp³-hybridized carbons (Fsp3) is 0.286. The summed E-state index contributed by atoms with van der Waals surface area (Å²) in [6.45, 7) is 0. The third kappa shape index (κ3) is 2.09. The number of hydrogen-bond acceptors (Lipinski definition) is 0. The van der Waals surface area contributed by atoms with E-state index in [-0.39, 0.29) is 0 Å². The molecular weight excluding hydrogens is 232 g/mol. The van der Waals surface area contributed by atoms with Crippen molar-refractivity contribution in [3.8, 4) is 0 Å². The molecule has 0 nitrogen and oxygen atoms in total. The minimum absolute atomic E-state index is 0.328. The normalized spacial score (nSPS) is 11.6. The molecule has 0 amide bonds. The molecule has 0 aliphatic heterocycles. The van der Waals surface area contributed by atoms with Gasteiger partial charge in [0.15, 0.2) is 9.79 Å². The molecule has 0 unspecified atom stereocenters. The molecule has 0 aliphatic carbocycles. The fourth-order valence-electron chi connectivity index (χ4n) is 1.96. The third-order valence-corrected chi connectivity index (χ3v) is 5.20. The first kappa shape index (κ1) is 11.9. The summed E-state index contributed by atoms with van der Waals surface area (Å²) in [6.07, 6.45) is 9.16. The van der Waals surface area contributed by atoms with Gasteiger partial charge in [0.2, 0.25) is 0 Å². The van der Waals surface area contributed by atoms with Gasteiger partial charge in [-0.05, 0) is 24.3 Å². The van der Waals surface area contributed by atoms with Crippen molar-refractivity contribution in [2.24, 2.45) is 0 Å². The topological polar surface area (TPSA) is 0 Å². The quantitative estimate of drug-likeness (QED) is 0.717. The molecule has 0 aliphatic rings. The minimum atomic E-state index is 0.328. The average Bonchev–Trinajstić information content (AvgIpc) is 2.27. The first-order valence-corrected chi connectivity index (χ1v) is 9.36. The summed E-state index contributed by atoms with van der Waals surface area (Å²) in [5.74, 6) is 0. The van der Waals surface area contributed by atoms with Crippen molar-refractivity contribution in [2.45, 2.75) is 9.79 Å². The van der Waals surface area contributed by atoms with E-state index < -0.39 is 0 Å². The summed E-state index contributed by atoms with van der Waals surface area (Å²) in [5, 5.41) is 2.88. The summed E-state index contributed by atoms with van der Waals surface area (Å²) in [4.78, 5) is 2.98. The number of fused-ring (bicyclic) bond motifs is 1. The Labute approximate surface area is 104 Å². The van der Waals surface area contributed by atoms with Gasteiger partial charge in [0, 0.05) is 32.6 Å². The number of rotatable bonds is 2. The Balaban J connectivity index is 2.77. The smallest absolute Gasteiger partial charge is 0.0614 e. The van der Waals surface area contributed by atoms with Crippen LogP contribution in [0, 0.1) is 0 Å². The van der Waals surface area contributed by atoms with Crippen LogP contribution in [0.1, 0.15) is 0 Å². The predicted molar refractivity (Wildman–Crippen MR) is 78.9 cm³/mol. The van der Waals surface area contributed by atoms with Gasteiger partial charge in [0.05, 0.1) is 0 Å². The van der Waals surface area contributed by atoms with Gasteiger partial charge in [-0.1, -0.05) is 12.1 Å². The molecule has 0 bridgehead atoms. The molecular formula is C14H18S2+2. The lowest BCUT2D eigenvalue weighted by molar-refractivity contribution is 1.43. The zero-order chi connectivity index (χ0) is 11.7.